The molecule has 26 heavy (non-hydrogen) atoms. The van der Waals surface area contributed by atoms with Crippen LogP contribution in [0.5, 0.6) is 11.5 Å². The zero-order chi connectivity index (χ0) is 18.9. The molecule has 0 amide bonds. The van der Waals surface area contributed by atoms with Gasteiger partial charge in [-0.05, 0) is 25.1 Å². The van der Waals surface area contributed by atoms with E-state index in [1.54, 1.807) is 13.0 Å². The Morgan fingerprint density at radius 2 is 1.81 bits per heavy atom. The van der Waals surface area contributed by atoms with Gasteiger partial charge < -0.3 is 14.6 Å². The Kier molecular flexibility index (Phi) is 4.39. The van der Waals surface area contributed by atoms with E-state index in [0.29, 0.717) is 0 Å². The Morgan fingerprint density at radius 1 is 1.15 bits per heavy atom. The molecule has 1 aliphatic heterocycles. The molecular formula is C19H15F3O4. The van der Waals surface area contributed by atoms with Crippen LogP contribution in [-0.4, -0.2) is 23.9 Å². The first-order valence-electron chi connectivity index (χ1n) is 7.83. The molecule has 1 aliphatic rings. The van der Waals surface area contributed by atoms with Crippen molar-refractivity contribution in [3.8, 4) is 11.5 Å². The second-order valence-corrected chi connectivity index (χ2v) is 5.61. The van der Waals surface area contributed by atoms with Crippen molar-refractivity contribution in [3.05, 3.63) is 65.2 Å². The van der Waals surface area contributed by atoms with Crippen molar-refractivity contribution in [1.29, 1.82) is 0 Å². The second-order valence-electron chi connectivity index (χ2n) is 5.61. The minimum absolute atomic E-state index is 0.0545. The maximum absolute atomic E-state index is 14.3. The number of halogens is 3. The summed E-state index contributed by atoms with van der Waals surface area (Å²) in [5.41, 5.74) is -4.24. The molecule has 1 atom stereocenters. The summed E-state index contributed by atoms with van der Waals surface area (Å²) in [5.74, 6) is -1.86. The molecule has 7 heteroatoms. The van der Waals surface area contributed by atoms with Crippen LogP contribution in [0.25, 0.3) is 6.08 Å². The van der Waals surface area contributed by atoms with Crippen LogP contribution in [0.1, 0.15) is 18.1 Å². The van der Waals surface area contributed by atoms with Crippen molar-refractivity contribution >= 4 is 12.0 Å². The monoisotopic (exact) mass is 364 g/mol. The van der Waals surface area contributed by atoms with Crippen LogP contribution in [0.4, 0.5) is 13.2 Å². The third-order valence-electron chi connectivity index (χ3n) is 4.06. The summed E-state index contributed by atoms with van der Waals surface area (Å²) in [7, 11) is 0. The summed E-state index contributed by atoms with van der Waals surface area (Å²) in [6, 6.07) is 11.4. The van der Waals surface area contributed by atoms with E-state index in [0.717, 1.165) is 6.08 Å². The third kappa shape index (κ3) is 2.69. The summed E-state index contributed by atoms with van der Waals surface area (Å²) >= 11 is 0. The van der Waals surface area contributed by atoms with Crippen LogP contribution in [0.2, 0.25) is 0 Å². The van der Waals surface area contributed by atoms with Crippen molar-refractivity contribution in [2.24, 2.45) is 0 Å². The first-order chi connectivity index (χ1) is 12.3. The normalized spacial score (nSPS) is 19.2. The summed E-state index contributed by atoms with van der Waals surface area (Å²) in [5, 5.41) is 9.56. The number of ether oxygens (including phenoxy) is 2. The predicted molar refractivity (Wildman–Crippen MR) is 88.0 cm³/mol. The van der Waals surface area contributed by atoms with E-state index in [9.17, 15) is 23.1 Å². The van der Waals surface area contributed by atoms with E-state index in [4.69, 9.17) is 9.47 Å². The number of para-hydroxylation sites is 2. The summed E-state index contributed by atoms with van der Waals surface area (Å²) in [4.78, 5) is 11.8. The largest absolute Gasteiger partial charge is 0.493 e. The molecule has 0 radical (unpaired) electrons. The van der Waals surface area contributed by atoms with E-state index in [2.05, 4.69) is 0 Å². The fraction of sp³-hybridized carbons (Fsp3) is 0.211. The van der Waals surface area contributed by atoms with E-state index in [-0.39, 0.29) is 23.7 Å². The molecule has 0 fully saturated rings. The molecule has 0 saturated carbocycles. The lowest BCUT2D eigenvalue weighted by molar-refractivity contribution is -0.241. The Bertz CT molecular complexity index is 873. The van der Waals surface area contributed by atoms with Gasteiger partial charge in [-0.25, -0.2) is 4.79 Å². The minimum Gasteiger partial charge on any atom is -0.493 e. The zero-order valence-electron chi connectivity index (χ0n) is 13.7. The van der Waals surface area contributed by atoms with Crippen LogP contribution in [-0.2, 0) is 10.4 Å². The van der Waals surface area contributed by atoms with Crippen molar-refractivity contribution < 1.29 is 32.5 Å². The number of alkyl halides is 3. The molecule has 0 spiro atoms. The minimum atomic E-state index is -5.04. The molecule has 3 rings (SSSR count). The molecule has 0 aromatic heterocycles. The Balaban J connectivity index is 2.36. The molecule has 136 valence electrons. The highest BCUT2D eigenvalue weighted by atomic mass is 19.4. The molecule has 4 nitrogen and oxygen atoms in total. The maximum atomic E-state index is 14.3. The lowest BCUT2D eigenvalue weighted by Gasteiger charge is -2.40. The summed E-state index contributed by atoms with van der Waals surface area (Å²) in [6.45, 7) is 1.75. The van der Waals surface area contributed by atoms with Gasteiger partial charge in [0, 0.05) is 5.56 Å². The predicted octanol–water partition coefficient (Wildman–Crippen LogP) is 4.40. The van der Waals surface area contributed by atoms with Crippen molar-refractivity contribution in [2.45, 2.75) is 18.7 Å². The van der Waals surface area contributed by atoms with Gasteiger partial charge in [-0.2, -0.15) is 13.2 Å². The molecule has 0 saturated heterocycles. The molecule has 0 bridgehead atoms. The van der Waals surface area contributed by atoms with E-state index < -0.39 is 28.9 Å². The fourth-order valence-corrected chi connectivity index (χ4v) is 2.98. The van der Waals surface area contributed by atoms with Crippen LogP contribution in [0.15, 0.2) is 54.1 Å². The van der Waals surface area contributed by atoms with Crippen LogP contribution in [0, 0.1) is 0 Å². The van der Waals surface area contributed by atoms with Gasteiger partial charge in [0.2, 0.25) is 0 Å². The molecule has 1 N–H and O–H groups in total. The average molecular weight is 364 g/mol. The average Bonchev–Trinajstić information content (AvgIpc) is 2.60. The lowest BCUT2D eigenvalue weighted by Crippen LogP contribution is -2.52. The third-order valence-corrected chi connectivity index (χ3v) is 4.06. The zero-order valence-corrected chi connectivity index (χ0v) is 13.7. The number of hydrogen-bond acceptors (Lipinski definition) is 3. The first-order valence-corrected chi connectivity index (χ1v) is 7.83. The Morgan fingerprint density at radius 3 is 2.46 bits per heavy atom. The van der Waals surface area contributed by atoms with Gasteiger partial charge in [-0.3, -0.25) is 0 Å². The number of carboxylic acid groups (broad SMARTS) is 1. The quantitative estimate of drug-likeness (QED) is 0.874. The summed E-state index contributed by atoms with van der Waals surface area (Å²) < 4.78 is 53.7. The standard InChI is InChI=1S/C19H15F3O4/c1-2-25-16-10-6-4-8-13(16)18(19(20,21)22)14(17(23)24)11-12-7-3-5-9-15(12)26-18/h3-11H,2H2,1H3,(H,23,24). The number of aliphatic carboxylic acids is 1. The number of benzene rings is 2. The maximum Gasteiger partial charge on any atom is 0.437 e. The smallest absolute Gasteiger partial charge is 0.437 e. The van der Waals surface area contributed by atoms with E-state index >= 15 is 0 Å². The van der Waals surface area contributed by atoms with E-state index in [1.807, 2.05) is 0 Å². The topological polar surface area (TPSA) is 55.8 Å². The highest BCUT2D eigenvalue weighted by Crippen LogP contribution is 2.53. The van der Waals surface area contributed by atoms with Gasteiger partial charge in [0.1, 0.15) is 11.5 Å². The van der Waals surface area contributed by atoms with Gasteiger partial charge in [-0.15, -0.1) is 0 Å². The van der Waals surface area contributed by atoms with Gasteiger partial charge in [0.15, 0.2) is 0 Å². The molecule has 0 aliphatic carbocycles. The van der Waals surface area contributed by atoms with E-state index in [1.165, 1.54) is 42.5 Å². The van der Waals surface area contributed by atoms with Gasteiger partial charge in [0.25, 0.3) is 5.60 Å². The van der Waals surface area contributed by atoms with Crippen molar-refractivity contribution in [2.75, 3.05) is 6.61 Å². The van der Waals surface area contributed by atoms with Gasteiger partial charge >= 0.3 is 12.1 Å². The number of rotatable bonds is 4. The Labute approximate surface area is 147 Å². The highest BCUT2D eigenvalue weighted by molar-refractivity contribution is 5.97. The van der Waals surface area contributed by atoms with Gasteiger partial charge in [-0.1, -0.05) is 36.4 Å². The number of carbonyl (C=O) groups is 1. The van der Waals surface area contributed by atoms with Crippen molar-refractivity contribution in [3.63, 3.8) is 0 Å². The van der Waals surface area contributed by atoms with Crippen LogP contribution < -0.4 is 9.47 Å². The van der Waals surface area contributed by atoms with Crippen LogP contribution >= 0.6 is 0 Å². The van der Waals surface area contributed by atoms with Gasteiger partial charge in [0.05, 0.1) is 17.7 Å². The fourth-order valence-electron chi connectivity index (χ4n) is 2.98. The van der Waals surface area contributed by atoms with Crippen LogP contribution in [0.3, 0.4) is 0 Å². The number of carboxylic acids is 1. The number of hydrogen-bond donors (Lipinski definition) is 1. The molecular weight excluding hydrogens is 349 g/mol. The van der Waals surface area contributed by atoms with Crippen molar-refractivity contribution in [1.82, 2.24) is 0 Å². The molecule has 2 aromatic rings. The molecule has 1 heterocycles. The lowest BCUT2D eigenvalue weighted by atomic mass is 9.81. The first kappa shape index (κ1) is 17.8. The highest BCUT2D eigenvalue weighted by Gasteiger charge is 2.65. The molecule has 1 unspecified atom stereocenters. The second kappa shape index (κ2) is 6.40. The Hall–Kier alpha value is -2.96. The molecule has 2 aromatic carbocycles. The SMILES string of the molecule is CCOc1ccccc1C1(C(F)(F)F)Oc2ccccc2C=C1C(=O)O. The number of fused-ring (bicyclic) bond motifs is 1. The summed E-state index contributed by atoms with van der Waals surface area (Å²) in [6.07, 6.45) is -4.05.